The van der Waals surface area contributed by atoms with Crippen molar-refractivity contribution in [2.75, 3.05) is 27.9 Å². The minimum absolute atomic E-state index is 0.0762. The van der Waals surface area contributed by atoms with Gasteiger partial charge in [-0.3, -0.25) is 4.79 Å². The van der Waals surface area contributed by atoms with Gasteiger partial charge in [0.1, 0.15) is 23.9 Å². The Morgan fingerprint density at radius 3 is 1.54 bits per heavy atom. The standard InChI is InChI=1S/C30H34O7/c1-21(31)36-26-25(37-29(34-4)28(33-3)27(26)32-2)20-35-30(22-14-8-5-9-15-22,23-16-10-6-11-17-23)24-18-12-7-13-19-24/h5-19,25-29H,20H2,1-4H3. The summed E-state index contributed by atoms with van der Waals surface area (Å²) in [4.78, 5) is 12.1. The zero-order valence-corrected chi connectivity index (χ0v) is 21.6. The van der Waals surface area contributed by atoms with Gasteiger partial charge in [0, 0.05) is 28.3 Å². The van der Waals surface area contributed by atoms with Crippen LogP contribution in [-0.2, 0) is 38.8 Å². The van der Waals surface area contributed by atoms with Crippen LogP contribution in [0.25, 0.3) is 0 Å². The fourth-order valence-electron chi connectivity index (χ4n) is 5.03. The van der Waals surface area contributed by atoms with Crippen molar-refractivity contribution in [3.05, 3.63) is 108 Å². The van der Waals surface area contributed by atoms with Crippen LogP contribution < -0.4 is 0 Å². The molecule has 7 heteroatoms. The largest absolute Gasteiger partial charge is 0.457 e. The number of hydrogen-bond acceptors (Lipinski definition) is 7. The Hall–Kier alpha value is -3.07. The van der Waals surface area contributed by atoms with Crippen LogP contribution in [0.1, 0.15) is 23.6 Å². The quantitative estimate of drug-likeness (QED) is 0.299. The Morgan fingerprint density at radius 2 is 1.16 bits per heavy atom. The maximum atomic E-state index is 12.1. The molecule has 1 fully saturated rings. The highest BCUT2D eigenvalue weighted by molar-refractivity contribution is 5.66. The summed E-state index contributed by atoms with van der Waals surface area (Å²) in [6.07, 6.45) is -3.44. The second kappa shape index (κ2) is 12.4. The molecule has 5 unspecified atom stereocenters. The Kier molecular flexibility index (Phi) is 9.08. The molecule has 1 aliphatic heterocycles. The lowest BCUT2D eigenvalue weighted by atomic mass is 9.80. The molecule has 0 amide bonds. The molecule has 3 aromatic rings. The minimum atomic E-state index is -0.961. The molecule has 7 nitrogen and oxygen atoms in total. The van der Waals surface area contributed by atoms with Crippen LogP contribution in [0.5, 0.6) is 0 Å². The van der Waals surface area contributed by atoms with E-state index in [0.29, 0.717) is 0 Å². The molecule has 1 saturated heterocycles. The zero-order valence-electron chi connectivity index (χ0n) is 21.6. The van der Waals surface area contributed by atoms with E-state index in [4.69, 9.17) is 28.4 Å². The van der Waals surface area contributed by atoms with Crippen LogP contribution >= 0.6 is 0 Å². The summed E-state index contributed by atoms with van der Waals surface area (Å²) >= 11 is 0. The molecule has 5 atom stereocenters. The van der Waals surface area contributed by atoms with Crippen LogP contribution in [0, 0.1) is 0 Å². The van der Waals surface area contributed by atoms with E-state index in [2.05, 4.69) is 0 Å². The molecule has 0 N–H and O–H groups in total. The lowest BCUT2D eigenvalue weighted by Gasteiger charge is -2.45. The number of benzene rings is 3. The van der Waals surface area contributed by atoms with Crippen molar-refractivity contribution < 1.29 is 33.2 Å². The van der Waals surface area contributed by atoms with Gasteiger partial charge in [-0.2, -0.15) is 0 Å². The summed E-state index contributed by atoms with van der Waals surface area (Å²) in [6, 6.07) is 30.1. The Balaban J connectivity index is 1.79. The summed E-state index contributed by atoms with van der Waals surface area (Å²) in [7, 11) is 4.62. The molecular formula is C30H34O7. The van der Waals surface area contributed by atoms with Gasteiger partial charge < -0.3 is 28.4 Å². The van der Waals surface area contributed by atoms with E-state index < -0.39 is 42.3 Å². The molecule has 1 heterocycles. The number of hydrogen-bond donors (Lipinski definition) is 0. The normalized spacial score (nSPS) is 23.9. The van der Waals surface area contributed by atoms with E-state index in [9.17, 15) is 4.79 Å². The fraction of sp³-hybridized carbons (Fsp3) is 0.367. The first-order valence-corrected chi connectivity index (χ1v) is 12.3. The summed E-state index contributed by atoms with van der Waals surface area (Å²) in [5.74, 6) is -0.452. The van der Waals surface area contributed by atoms with E-state index >= 15 is 0 Å². The highest BCUT2D eigenvalue weighted by Gasteiger charge is 2.50. The molecule has 3 aromatic carbocycles. The van der Waals surface area contributed by atoms with Gasteiger partial charge >= 0.3 is 5.97 Å². The second-order valence-electron chi connectivity index (χ2n) is 8.84. The maximum Gasteiger partial charge on any atom is 0.303 e. The third kappa shape index (κ3) is 5.61. The van der Waals surface area contributed by atoms with Gasteiger partial charge in [-0.05, 0) is 16.7 Å². The number of rotatable bonds is 10. The second-order valence-corrected chi connectivity index (χ2v) is 8.84. The van der Waals surface area contributed by atoms with Crippen molar-refractivity contribution in [2.45, 2.75) is 43.2 Å². The van der Waals surface area contributed by atoms with Crippen molar-refractivity contribution in [3.8, 4) is 0 Å². The van der Waals surface area contributed by atoms with Gasteiger partial charge in [-0.1, -0.05) is 91.0 Å². The Bertz CT molecular complexity index is 1010. The SMILES string of the molecule is COC1OC(COC(c2ccccc2)(c2ccccc2)c2ccccc2)C(OC(C)=O)C(OC)C1OC. The van der Waals surface area contributed by atoms with Gasteiger partial charge in [0.05, 0.1) is 6.61 Å². The molecule has 0 spiro atoms. The first-order chi connectivity index (χ1) is 18.0. The molecule has 0 saturated carbocycles. The maximum absolute atomic E-state index is 12.1. The summed E-state index contributed by atoms with van der Waals surface area (Å²) < 4.78 is 35.8. The third-order valence-electron chi connectivity index (χ3n) is 6.67. The summed E-state index contributed by atoms with van der Waals surface area (Å²) in [5, 5.41) is 0. The first-order valence-electron chi connectivity index (χ1n) is 12.3. The molecule has 0 aliphatic carbocycles. The van der Waals surface area contributed by atoms with Gasteiger partial charge in [-0.25, -0.2) is 0 Å². The first kappa shape index (κ1) is 27.0. The molecule has 1 aliphatic rings. The molecule has 0 bridgehead atoms. The highest BCUT2D eigenvalue weighted by Crippen LogP contribution is 2.41. The van der Waals surface area contributed by atoms with Crippen LogP contribution in [0.3, 0.4) is 0 Å². The van der Waals surface area contributed by atoms with Gasteiger partial charge in [0.25, 0.3) is 0 Å². The Labute approximate surface area is 218 Å². The van der Waals surface area contributed by atoms with Crippen molar-refractivity contribution in [1.82, 2.24) is 0 Å². The number of carbonyl (C=O) groups excluding carboxylic acids is 1. The molecule has 196 valence electrons. The van der Waals surface area contributed by atoms with Crippen LogP contribution in [0.4, 0.5) is 0 Å². The van der Waals surface area contributed by atoms with Crippen molar-refractivity contribution in [3.63, 3.8) is 0 Å². The van der Waals surface area contributed by atoms with Gasteiger partial charge in [0.15, 0.2) is 12.4 Å². The van der Waals surface area contributed by atoms with Crippen molar-refractivity contribution in [2.24, 2.45) is 0 Å². The van der Waals surface area contributed by atoms with E-state index in [1.54, 1.807) is 14.2 Å². The van der Waals surface area contributed by atoms with Crippen LogP contribution in [0.2, 0.25) is 0 Å². The van der Waals surface area contributed by atoms with Crippen molar-refractivity contribution >= 4 is 5.97 Å². The smallest absolute Gasteiger partial charge is 0.303 e. The summed E-state index contributed by atoms with van der Waals surface area (Å²) in [5.41, 5.74) is 1.90. The van der Waals surface area contributed by atoms with E-state index in [1.165, 1.54) is 14.0 Å². The van der Waals surface area contributed by atoms with Crippen molar-refractivity contribution in [1.29, 1.82) is 0 Å². The minimum Gasteiger partial charge on any atom is -0.457 e. The predicted molar refractivity (Wildman–Crippen MR) is 138 cm³/mol. The molecule has 4 rings (SSSR count). The molecule has 0 radical (unpaired) electrons. The monoisotopic (exact) mass is 506 g/mol. The van der Waals surface area contributed by atoms with E-state index in [1.807, 2.05) is 91.0 Å². The molecule has 0 aromatic heterocycles. The van der Waals surface area contributed by atoms with Gasteiger partial charge in [-0.15, -0.1) is 0 Å². The molecule has 37 heavy (non-hydrogen) atoms. The molecular weight excluding hydrogens is 472 g/mol. The van der Waals surface area contributed by atoms with Crippen LogP contribution in [0.15, 0.2) is 91.0 Å². The number of methoxy groups -OCH3 is 3. The van der Waals surface area contributed by atoms with E-state index in [-0.39, 0.29) is 6.61 Å². The highest BCUT2D eigenvalue weighted by atomic mass is 16.7. The average Bonchev–Trinajstić information content (AvgIpc) is 2.95. The number of esters is 1. The number of carbonyl (C=O) groups is 1. The fourth-order valence-corrected chi connectivity index (χ4v) is 5.03. The topological polar surface area (TPSA) is 72.5 Å². The summed E-state index contributed by atoms with van der Waals surface area (Å²) in [6.45, 7) is 1.43. The lowest BCUT2D eigenvalue weighted by molar-refractivity contribution is -0.309. The average molecular weight is 507 g/mol. The predicted octanol–water partition coefficient (Wildman–Crippen LogP) is 4.33. The van der Waals surface area contributed by atoms with Crippen LogP contribution in [-0.4, -0.2) is 64.6 Å². The van der Waals surface area contributed by atoms with E-state index in [0.717, 1.165) is 16.7 Å². The lowest BCUT2D eigenvalue weighted by Crippen LogP contribution is -2.62. The number of ether oxygens (including phenoxy) is 6. The Morgan fingerprint density at radius 1 is 0.703 bits per heavy atom. The van der Waals surface area contributed by atoms with Gasteiger partial charge in [0.2, 0.25) is 0 Å². The zero-order chi connectivity index (χ0) is 26.3. The third-order valence-corrected chi connectivity index (χ3v) is 6.67.